The van der Waals surface area contributed by atoms with E-state index in [0.717, 1.165) is 11.3 Å². The van der Waals surface area contributed by atoms with E-state index in [-0.39, 0.29) is 5.57 Å². The number of hydrogen-bond acceptors (Lipinski definition) is 3. The summed E-state index contributed by atoms with van der Waals surface area (Å²) in [6.07, 6.45) is 1.66. The van der Waals surface area contributed by atoms with E-state index >= 15 is 0 Å². The second-order valence-corrected chi connectivity index (χ2v) is 5.08. The maximum atomic E-state index is 11.6. The summed E-state index contributed by atoms with van der Waals surface area (Å²) in [4.78, 5) is 13.6. The number of carboxylic acids is 1. The van der Waals surface area contributed by atoms with Crippen LogP contribution in [0, 0.1) is 0 Å². The maximum Gasteiger partial charge on any atom is 0.336 e. The predicted molar refractivity (Wildman–Crippen MR) is 89.3 cm³/mol. The van der Waals surface area contributed by atoms with Gasteiger partial charge in [0.05, 0.1) is 12.7 Å². The van der Waals surface area contributed by atoms with Gasteiger partial charge < -0.3 is 14.7 Å². The summed E-state index contributed by atoms with van der Waals surface area (Å²) in [5, 5.41) is 9.48. The summed E-state index contributed by atoms with van der Waals surface area (Å²) in [7, 11) is 5.48. The van der Waals surface area contributed by atoms with Crippen LogP contribution in [0.5, 0.6) is 5.75 Å². The third-order valence-corrected chi connectivity index (χ3v) is 3.33. The molecule has 0 aliphatic rings. The first-order valence-corrected chi connectivity index (χ1v) is 6.88. The SMILES string of the molecule is COc1cccc(/C(=C/c2ccc(N(C)C)cc2)C(=O)O)c1. The number of nitrogens with zero attached hydrogens (tertiary/aromatic N) is 1. The Kier molecular flexibility index (Phi) is 4.84. The number of hydrogen-bond donors (Lipinski definition) is 1. The van der Waals surface area contributed by atoms with Crippen LogP contribution in [-0.4, -0.2) is 32.3 Å². The molecule has 2 aromatic carbocycles. The molecule has 0 amide bonds. The molecule has 0 aromatic heterocycles. The zero-order valence-electron chi connectivity index (χ0n) is 12.9. The van der Waals surface area contributed by atoms with Crippen molar-refractivity contribution in [3.05, 3.63) is 59.7 Å². The summed E-state index contributed by atoms with van der Waals surface area (Å²) in [5.41, 5.74) is 2.75. The Morgan fingerprint density at radius 1 is 1.14 bits per heavy atom. The van der Waals surface area contributed by atoms with E-state index in [4.69, 9.17) is 4.74 Å². The highest BCUT2D eigenvalue weighted by Crippen LogP contribution is 2.23. The molecule has 0 saturated heterocycles. The summed E-state index contributed by atoms with van der Waals surface area (Å²) in [5.74, 6) is -0.336. The van der Waals surface area contributed by atoms with Crippen LogP contribution in [0.4, 0.5) is 5.69 Å². The van der Waals surface area contributed by atoms with E-state index in [1.807, 2.05) is 43.3 Å². The molecular formula is C18H19NO3. The van der Waals surface area contributed by atoms with Crippen molar-refractivity contribution < 1.29 is 14.6 Å². The van der Waals surface area contributed by atoms with Crippen LogP contribution >= 0.6 is 0 Å². The molecule has 4 heteroatoms. The molecule has 1 N–H and O–H groups in total. The average molecular weight is 297 g/mol. The normalized spacial score (nSPS) is 11.1. The standard InChI is InChI=1S/C18H19NO3/c1-19(2)15-9-7-13(8-10-15)11-17(18(20)21)14-5-4-6-16(12-14)22-3/h4-12H,1-3H3,(H,20,21)/b17-11-. The molecule has 2 rings (SSSR count). The Hall–Kier alpha value is -2.75. The molecule has 2 aromatic rings. The molecule has 114 valence electrons. The molecule has 0 aliphatic carbocycles. The average Bonchev–Trinajstić information content (AvgIpc) is 2.52. The second kappa shape index (κ2) is 6.80. The molecule has 0 spiro atoms. The smallest absolute Gasteiger partial charge is 0.336 e. The summed E-state index contributed by atoms with van der Waals surface area (Å²) in [6.45, 7) is 0. The zero-order valence-corrected chi connectivity index (χ0v) is 12.9. The highest BCUT2D eigenvalue weighted by Gasteiger charge is 2.11. The zero-order chi connectivity index (χ0) is 16.1. The molecule has 4 nitrogen and oxygen atoms in total. The van der Waals surface area contributed by atoms with E-state index in [2.05, 4.69) is 0 Å². The lowest BCUT2D eigenvalue weighted by Crippen LogP contribution is -2.08. The van der Waals surface area contributed by atoms with Crippen molar-refractivity contribution in [1.82, 2.24) is 0 Å². The number of rotatable bonds is 5. The van der Waals surface area contributed by atoms with Crippen LogP contribution in [0.1, 0.15) is 11.1 Å². The van der Waals surface area contributed by atoms with E-state index in [0.29, 0.717) is 11.3 Å². The number of anilines is 1. The van der Waals surface area contributed by atoms with Gasteiger partial charge in [-0.25, -0.2) is 4.79 Å². The van der Waals surface area contributed by atoms with Gasteiger partial charge in [0.15, 0.2) is 0 Å². The van der Waals surface area contributed by atoms with Crippen molar-refractivity contribution in [1.29, 1.82) is 0 Å². The summed E-state index contributed by atoms with van der Waals surface area (Å²) >= 11 is 0. The number of aliphatic carboxylic acids is 1. The monoisotopic (exact) mass is 297 g/mol. The van der Waals surface area contributed by atoms with E-state index in [1.165, 1.54) is 0 Å². The van der Waals surface area contributed by atoms with Gasteiger partial charge in [-0.05, 0) is 41.5 Å². The molecular weight excluding hydrogens is 278 g/mol. The van der Waals surface area contributed by atoms with Gasteiger partial charge in [-0.1, -0.05) is 24.3 Å². The van der Waals surface area contributed by atoms with Gasteiger partial charge in [-0.2, -0.15) is 0 Å². The van der Waals surface area contributed by atoms with Crippen LogP contribution in [-0.2, 0) is 4.79 Å². The van der Waals surface area contributed by atoms with Gasteiger partial charge in [0, 0.05) is 19.8 Å². The van der Waals surface area contributed by atoms with Gasteiger partial charge in [0.2, 0.25) is 0 Å². The van der Waals surface area contributed by atoms with Crippen molar-refractivity contribution in [2.75, 3.05) is 26.1 Å². The molecule has 0 saturated carbocycles. The largest absolute Gasteiger partial charge is 0.497 e. The van der Waals surface area contributed by atoms with E-state index in [9.17, 15) is 9.90 Å². The lowest BCUT2D eigenvalue weighted by atomic mass is 10.0. The fraction of sp³-hybridized carbons (Fsp3) is 0.167. The maximum absolute atomic E-state index is 11.6. The van der Waals surface area contributed by atoms with Gasteiger partial charge in [0.1, 0.15) is 5.75 Å². The van der Waals surface area contributed by atoms with Gasteiger partial charge >= 0.3 is 5.97 Å². The minimum atomic E-state index is -0.968. The first-order valence-electron chi connectivity index (χ1n) is 6.88. The van der Waals surface area contributed by atoms with Gasteiger partial charge in [-0.3, -0.25) is 0 Å². The minimum Gasteiger partial charge on any atom is -0.497 e. The van der Waals surface area contributed by atoms with Crippen LogP contribution in [0.2, 0.25) is 0 Å². The third-order valence-electron chi connectivity index (χ3n) is 3.33. The Morgan fingerprint density at radius 2 is 1.82 bits per heavy atom. The lowest BCUT2D eigenvalue weighted by molar-refractivity contribution is -0.130. The number of carboxylic acid groups (broad SMARTS) is 1. The second-order valence-electron chi connectivity index (χ2n) is 5.08. The highest BCUT2D eigenvalue weighted by atomic mass is 16.5. The topological polar surface area (TPSA) is 49.8 Å². The first kappa shape index (κ1) is 15.6. The number of benzene rings is 2. The molecule has 0 bridgehead atoms. The fourth-order valence-electron chi connectivity index (χ4n) is 2.09. The minimum absolute atomic E-state index is 0.233. The van der Waals surface area contributed by atoms with Crippen molar-refractivity contribution in [2.24, 2.45) is 0 Å². The first-order chi connectivity index (χ1) is 10.5. The summed E-state index contributed by atoms with van der Waals surface area (Å²) < 4.78 is 5.15. The quantitative estimate of drug-likeness (QED) is 0.679. The highest BCUT2D eigenvalue weighted by molar-refractivity contribution is 6.20. The van der Waals surface area contributed by atoms with Crippen LogP contribution in [0.15, 0.2) is 48.5 Å². The lowest BCUT2D eigenvalue weighted by Gasteiger charge is -2.12. The summed E-state index contributed by atoms with van der Waals surface area (Å²) in [6, 6.07) is 14.8. The Labute approximate surface area is 130 Å². The molecule has 0 heterocycles. The fourth-order valence-corrected chi connectivity index (χ4v) is 2.09. The number of carbonyl (C=O) groups is 1. The van der Waals surface area contributed by atoms with E-state index in [1.54, 1.807) is 37.5 Å². The predicted octanol–water partition coefficient (Wildman–Crippen LogP) is 3.39. The molecule has 22 heavy (non-hydrogen) atoms. The van der Waals surface area contributed by atoms with Crippen LogP contribution in [0.3, 0.4) is 0 Å². The van der Waals surface area contributed by atoms with E-state index < -0.39 is 5.97 Å². The van der Waals surface area contributed by atoms with Crippen LogP contribution < -0.4 is 9.64 Å². The molecule has 0 atom stereocenters. The molecule has 0 fully saturated rings. The Bertz CT molecular complexity index is 688. The van der Waals surface area contributed by atoms with Crippen molar-refractivity contribution in [2.45, 2.75) is 0 Å². The molecule has 0 aliphatic heterocycles. The van der Waals surface area contributed by atoms with Crippen LogP contribution in [0.25, 0.3) is 11.6 Å². The molecule has 0 unspecified atom stereocenters. The van der Waals surface area contributed by atoms with Crippen molar-refractivity contribution >= 4 is 23.3 Å². The third kappa shape index (κ3) is 3.67. The van der Waals surface area contributed by atoms with Gasteiger partial charge in [-0.15, -0.1) is 0 Å². The number of ether oxygens (including phenoxy) is 1. The Morgan fingerprint density at radius 3 is 2.36 bits per heavy atom. The van der Waals surface area contributed by atoms with Crippen molar-refractivity contribution in [3.63, 3.8) is 0 Å². The Balaban J connectivity index is 2.40. The van der Waals surface area contributed by atoms with Gasteiger partial charge in [0.25, 0.3) is 0 Å². The molecule has 0 radical (unpaired) electrons. The number of methoxy groups -OCH3 is 1. The van der Waals surface area contributed by atoms with Crippen molar-refractivity contribution in [3.8, 4) is 5.75 Å².